The molecule has 0 spiro atoms. The van der Waals surface area contributed by atoms with E-state index in [0.717, 1.165) is 69.0 Å². The number of benzene rings is 1. The summed E-state index contributed by atoms with van der Waals surface area (Å²) in [5.41, 5.74) is 1.41. The zero-order valence-electron chi connectivity index (χ0n) is 15.7. The molecule has 3 heterocycles. The second kappa shape index (κ2) is 7.41. The van der Waals surface area contributed by atoms with Gasteiger partial charge in [-0.3, -0.25) is 9.69 Å². The summed E-state index contributed by atoms with van der Waals surface area (Å²) in [7, 11) is 0. The first kappa shape index (κ1) is 17.6. The van der Waals surface area contributed by atoms with Crippen molar-refractivity contribution in [2.24, 2.45) is 5.92 Å². The maximum atomic E-state index is 13.0. The molecular weight excluding hydrogens is 328 g/mol. The number of aryl methyl sites for hydroxylation is 1. The van der Waals surface area contributed by atoms with E-state index in [0.29, 0.717) is 17.5 Å². The van der Waals surface area contributed by atoms with Crippen LogP contribution in [0.25, 0.3) is 11.0 Å². The Balaban J connectivity index is 1.41. The second-order valence-corrected chi connectivity index (χ2v) is 7.60. The first-order chi connectivity index (χ1) is 12.6. The van der Waals surface area contributed by atoms with E-state index < -0.39 is 0 Å². The van der Waals surface area contributed by atoms with Crippen LogP contribution in [0.1, 0.15) is 35.9 Å². The fourth-order valence-electron chi connectivity index (χ4n) is 4.40. The largest absolute Gasteiger partial charge is 0.461 e. The highest BCUT2D eigenvalue weighted by atomic mass is 16.5. The number of furan rings is 1. The summed E-state index contributed by atoms with van der Waals surface area (Å²) in [6.45, 7) is 9.65. The number of carbonyl (C=O) groups is 1. The highest BCUT2D eigenvalue weighted by molar-refractivity contribution is 6.05. The molecule has 2 aliphatic rings. The van der Waals surface area contributed by atoms with Crippen molar-refractivity contribution in [3.8, 4) is 0 Å². The number of nitrogens with zero attached hydrogens (tertiary/aromatic N) is 2. The van der Waals surface area contributed by atoms with Crippen LogP contribution in [0.3, 0.4) is 0 Å². The Labute approximate surface area is 154 Å². The standard InChI is InChI=1S/C21H28N2O3/c1-15-14-18-4-3-5-19(20(18)26-15)21(24)23-8-6-17(7-9-23)16(2)22-10-12-25-13-11-22/h3-5,14,16-17H,6-13H2,1-2H3/t16-/m0/s1. The van der Waals surface area contributed by atoms with Crippen LogP contribution in [0.15, 0.2) is 28.7 Å². The van der Waals surface area contributed by atoms with Crippen molar-refractivity contribution in [1.82, 2.24) is 9.80 Å². The van der Waals surface area contributed by atoms with Gasteiger partial charge in [0, 0.05) is 37.6 Å². The number of carbonyl (C=O) groups excluding carboxylic acids is 1. The Morgan fingerprint density at radius 3 is 2.62 bits per heavy atom. The van der Waals surface area contributed by atoms with Gasteiger partial charge >= 0.3 is 0 Å². The van der Waals surface area contributed by atoms with Crippen LogP contribution in [0.5, 0.6) is 0 Å². The molecule has 0 N–H and O–H groups in total. The monoisotopic (exact) mass is 356 g/mol. The van der Waals surface area contributed by atoms with Gasteiger partial charge in [0.05, 0.1) is 18.8 Å². The molecule has 2 saturated heterocycles. The molecule has 2 aliphatic heterocycles. The summed E-state index contributed by atoms with van der Waals surface area (Å²) in [6, 6.07) is 8.38. The van der Waals surface area contributed by atoms with Crippen molar-refractivity contribution in [1.29, 1.82) is 0 Å². The number of amides is 1. The van der Waals surface area contributed by atoms with E-state index in [9.17, 15) is 4.79 Å². The average molecular weight is 356 g/mol. The normalized spacial score (nSPS) is 21.2. The number of likely N-dealkylation sites (tertiary alicyclic amines) is 1. The molecule has 0 bridgehead atoms. The highest BCUT2D eigenvalue weighted by Crippen LogP contribution is 2.28. The third kappa shape index (κ3) is 3.38. The van der Waals surface area contributed by atoms with Gasteiger partial charge in [-0.15, -0.1) is 0 Å². The van der Waals surface area contributed by atoms with Crippen LogP contribution in [0.2, 0.25) is 0 Å². The molecule has 0 radical (unpaired) electrons. The van der Waals surface area contributed by atoms with Crippen LogP contribution in [0, 0.1) is 12.8 Å². The SMILES string of the molecule is Cc1cc2cccc(C(=O)N3CCC([C@H](C)N4CCOCC4)CC3)c2o1. The molecule has 1 amide bonds. The van der Waals surface area contributed by atoms with Crippen LogP contribution in [-0.2, 0) is 4.74 Å². The lowest BCUT2D eigenvalue weighted by Gasteiger charge is -2.41. The van der Waals surface area contributed by atoms with Gasteiger partial charge in [0.2, 0.25) is 0 Å². The fraction of sp³-hybridized carbons (Fsp3) is 0.571. The van der Waals surface area contributed by atoms with Gasteiger partial charge < -0.3 is 14.1 Å². The lowest BCUT2D eigenvalue weighted by molar-refractivity contribution is -0.000944. The minimum atomic E-state index is 0.0995. The first-order valence-corrected chi connectivity index (χ1v) is 9.73. The third-order valence-corrected chi connectivity index (χ3v) is 6.03. The fourth-order valence-corrected chi connectivity index (χ4v) is 4.40. The molecule has 2 aromatic rings. The quantitative estimate of drug-likeness (QED) is 0.846. The van der Waals surface area contributed by atoms with E-state index in [1.165, 1.54) is 0 Å². The Bertz CT molecular complexity index is 771. The number of piperidine rings is 1. The number of para-hydroxylation sites is 1. The minimum absolute atomic E-state index is 0.0995. The zero-order chi connectivity index (χ0) is 18.1. The van der Waals surface area contributed by atoms with Crippen molar-refractivity contribution < 1.29 is 13.9 Å². The maximum Gasteiger partial charge on any atom is 0.257 e. The Hall–Kier alpha value is -1.85. The smallest absolute Gasteiger partial charge is 0.257 e. The van der Waals surface area contributed by atoms with Gasteiger partial charge in [-0.1, -0.05) is 12.1 Å². The van der Waals surface area contributed by atoms with Gasteiger partial charge in [0.1, 0.15) is 11.3 Å². The van der Waals surface area contributed by atoms with E-state index in [4.69, 9.17) is 9.15 Å². The second-order valence-electron chi connectivity index (χ2n) is 7.60. The van der Waals surface area contributed by atoms with Gasteiger partial charge in [0.15, 0.2) is 0 Å². The molecule has 1 atom stereocenters. The zero-order valence-corrected chi connectivity index (χ0v) is 15.7. The topological polar surface area (TPSA) is 45.9 Å². The van der Waals surface area contributed by atoms with E-state index in [1.807, 2.05) is 36.1 Å². The third-order valence-electron chi connectivity index (χ3n) is 6.03. The molecule has 2 fully saturated rings. The van der Waals surface area contributed by atoms with E-state index in [2.05, 4.69) is 11.8 Å². The van der Waals surface area contributed by atoms with Gasteiger partial charge in [0.25, 0.3) is 5.91 Å². The molecular formula is C21H28N2O3. The maximum absolute atomic E-state index is 13.0. The van der Waals surface area contributed by atoms with Crippen LogP contribution in [-0.4, -0.2) is 61.1 Å². The van der Waals surface area contributed by atoms with Crippen molar-refractivity contribution in [2.45, 2.75) is 32.7 Å². The van der Waals surface area contributed by atoms with Gasteiger partial charge in [-0.2, -0.15) is 0 Å². The lowest BCUT2D eigenvalue weighted by Crippen LogP contribution is -2.49. The Morgan fingerprint density at radius 1 is 1.15 bits per heavy atom. The molecule has 1 aromatic heterocycles. The van der Waals surface area contributed by atoms with E-state index >= 15 is 0 Å². The molecule has 5 nitrogen and oxygen atoms in total. The molecule has 0 unspecified atom stereocenters. The van der Waals surface area contributed by atoms with Gasteiger partial charge in [-0.05, 0) is 44.7 Å². The van der Waals surface area contributed by atoms with Crippen molar-refractivity contribution in [3.63, 3.8) is 0 Å². The van der Waals surface area contributed by atoms with E-state index in [-0.39, 0.29) is 5.91 Å². The molecule has 140 valence electrons. The summed E-state index contributed by atoms with van der Waals surface area (Å²) in [5, 5.41) is 1.00. The summed E-state index contributed by atoms with van der Waals surface area (Å²) < 4.78 is 11.3. The minimum Gasteiger partial charge on any atom is -0.461 e. The van der Waals surface area contributed by atoms with Crippen molar-refractivity contribution in [2.75, 3.05) is 39.4 Å². The van der Waals surface area contributed by atoms with Crippen LogP contribution in [0.4, 0.5) is 0 Å². The lowest BCUT2D eigenvalue weighted by atomic mass is 9.89. The van der Waals surface area contributed by atoms with Crippen molar-refractivity contribution in [3.05, 3.63) is 35.6 Å². The number of hydrogen-bond acceptors (Lipinski definition) is 4. The predicted molar refractivity (Wildman–Crippen MR) is 101 cm³/mol. The Morgan fingerprint density at radius 2 is 1.88 bits per heavy atom. The molecule has 5 heteroatoms. The van der Waals surface area contributed by atoms with Crippen LogP contribution < -0.4 is 0 Å². The van der Waals surface area contributed by atoms with Gasteiger partial charge in [-0.25, -0.2) is 0 Å². The highest BCUT2D eigenvalue weighted by Gasteiger charge is 2.31. The molecule has 26 heavy (non-hydrogen) atoms. The molecule has 0 saturated carbocycles. The number of hydrogen-bond donors (Lipinski definition) is 0. The molecule has 1 aromatic carbocycles. The predicted octanol–water partition coefficient (Wildman–Crippen LogP) is 3.31. The van der Waals surface area contributed by atoms with E-state index in [1.54, 1.807) is 0 Å². The average Bonchev–Trinajstić information content (AvgIpc) is 3.08. The van der Waals surface area contributed by atoms with Crippen molar-refractivity contribution >= 4 is 16.9 Å². The summed E-state index contributed by atoms with van der Waals surface area (Å²) in [4.78, 5) is 17.6. The number of fused-ring (bicyclic) bond motifs is 1. The van der Waals surface area contributed by atoms with Crippen LogP contribution >= 0.6 is 0 Å². The summed E-state index contributed by atoms with van der Waals surface area (Å²) in [6.07, 6.45) is 2.13. The molecule has 4 rings (SSSR count). The Kier molecular flexibility index (Phi) is 5.00. The number of morpholine rings is 1. The summed E-state index contributed by atoms with van der Waals surface area (Å²) in [5.74, 6) is 1.60. The number of ether oxygens (including phenoxy) is 1. The number of rotatable bonds is 3. The summed E-state index contributed by atoms with van der Waals surface area (Å²) >= 11 is 0. The molecule has 0 aliphatic carbocycles. The first-order valence-electron chi connectivity index (χ1n) is 9.73.